The number of carbonyl (C=O) groups is 2. The summed E-state index contributed by atoms with van der Waals surface area (Å²) in [6.45, 7) is 5.88. The lowest BCUT2D eigenvalue weighted by molar-refractivity contribution is -0.143. The van der Waals surface area contributed by atoms with Gasteiger partial charge in [0.2, 0.25) is 0 Å². The molecule has 0 amide bonds. The zero-order valence-electron chi connectivity index (χ0n) is 9.88. The molecule has 0 radical (unpaired) electrons. The second-order valence-electron chi connectivity index (χ2n) is 2.96. The SMILES string of the molecule is CCOC(=O)CNCCNCC(=O)OCC. The second kappa shape index (κ2) is 10.4. The molecule has 0 aromatic rings. The summed E-state index contributed by atoms with van der Waals surface area (Å²) in [4.78, 5) is 21.8. The lowest BCUT2D eigenvalue weighted by Gasteiger charge is -2.06. The first-order chi connectivity index (χ1) is 7.70. The van der Waals surface area contributed by atoms with Crippen molar-refractivity contribution in [3.63, 3.8) is 0 Å². The lowest BCUT2D eigenvalue weighted by Crippen LogP contribution is -2.34. The van der Waals surface area contributed by atoms with Gasteiger partial charge in [-0.3, -0.25) is 9.59 Å². The van der Waals surface area contributed by atoms with E-state index in [0.29, 0.717) is 26.3 Å². The Balaban J connectivity index is 3.21. The molecule has 0 aliphatic rings. The number of esters is 2. The molecule has 94 valence electrons. The van der Waals surface area contributed by atoms with Gasteiger partial charge < -0.3 is 20.1 Å². The van der Waals surface area contributed by atoms with Crippen LogP contribution in [-0.2, 0) is 19.1 Å². The van der Waals surface area contributed by atoms with Gasteiger partial charge in [0.05, 0.1) is 26.3 Å². The van der Waals surface area contributed by atoms with Crippen LogP contribution in [0.5, 0.6) is 0 Å². The van der Waals surface area contributed by atoms with Crippen molar-refractivity contribution in [1.29, 1.82) is 0 Å². The lowest BCUT2D eigenvalue weighted by atomic mass is 10.5. The fraction of sp³-hybridized carbons (Fsp3) is 0.800. The van der Waals surface area contributed by atoms with Crippen molar-refractivity contribution in [2.45, 2.75) is 13.8 Å². The minimum absolute atomic E-state index is 0.189. The van der Waals surface area contributed by atoms with Crippen LogP contribution in [0.3, 0.4) is 0 Å². The highest BCUT2D eigenvalue weighted by atomic mass is 16.5. The molecule has 0 aliphatic carbocycles. The molecule has 16 heavy (non-hydrogen) atoms. The fourth-order valence-corrected chi connectivity index (χ4v) is 0.982. The number of carbonyl (C=O) groups excluding carboxylic acids is 2. The topological polar surface area (TPSA) is 76.7 Å². The molecular weight excluding hydrogens is 212 g/mol. The van der Waals surface area contributed by atoms with Crippen LogP contribution in [-0.4, -0.2) is 51.3 Å². The van der Waals surface area contributed by atoms with Gasteiger partial charge in [-0.1, -0.05) is 0 Å². The summed E-state index contributed by atoms with van der Waals surface area (Å²) in [5, 5.41) is 5.77. The van der Waals surface area contributed by atoms with E-state index >= 15 is 0 Å². The van der Waals surface area contributed by atoms with E-state index in [1.54, 1.807) is 13.8 Å². The van der Waals surface area contributed by atoms with Gasteiger partial charge in [-0.05, 0) is 13.8 Å². The molecule has 0 unspecified atom stereocenters. The van der Waals surface area contributed by atoms with Crippen molar-refractivity contribution < 1.29 is 19.1 Å². The summed E-state index contributed by atoms with van der Waals surface area (Å²) in [6, 6.07) is 0. The first-order valence-electron chi connectivity index (χ1n) is 5.43. The third-order valence-corrected chi connectivity index (χ3v) is 1.63. The number of hydrogen-bond donors (Lipinski definition) is 2. The fourth-order valence-electron chi connectivity index (χ4n) is 0.982. The minimum atomic E-state index is -0.270. The van der Waals surface area contributed by atoms with E-state index in [2.05, 4.69) is 10.6 Å². The molecule has 6 heteroatoms. The molecule has 0 aromatic heterocycles. The zero-order chi connectivity index (χ0) is 12.2. The van der Waals surface area contributed by atoms with Crippen LogP contribution in [0, 0.1) is 0 Å². The smallest absolute Gasteiger partial charge is 0.319 e. The third-order valence-electron chi connectivity index (χ3n) is 1.63. The molecule has 0 fully saturated rings. The predicted octanol–water partition coefficient (Wildman–Crippen LogP) is -0.708. The Hall–Kier alpha value is -1.14. The first kappa shape index (κ1) is 14.9. The monoisotopic (exact) mass is 232 g/mol. The normalized spacial score (nSPS) is 9.88. The Morgan fingerprint density at radius 2 is 1.25 bits per heavy atom. The van der Waals surface area contributed by atoms with Crippen LogP contribution in [0.15, 0.2) is 0 Å². The predicted molar refractivity (Wildman–Crippen MR) is 59.0 cm³/mol. The molecule has 0 bridgehead atoms. The average molecular weight is 232 g/mol. The van der Waals surface area contributed by atoms with Gasteiger partial charge in [0, 0.05) is 13.1 Å². The van der Waals surface area contributed by atoms with Gasteiger partial charge in [-0.2, -0.15) is 0 Å². The van der Waals surface area contributed by atoms with E-state index in [4.69, 9.17) is 9.47 Å². The summed E-state index contributed by atoms with van der Waals surface area (Å²) >= 11 is 0. The van der Waals surface area contributed by atoms with Gasteiger partial charge in [0.15, 0.2) is 0 Å². The van der Waals surface area contributed by atoms with Gasteiger partial charge >= 0.3 is 11.9 Å². The van der Waals surface area contributed by atoms with Crippen molar-refractivity contribution in [3.8, 4) is 0 Å². The highest BCUT2D eigenvalue weighted by molar-refractivity contribution is 5.72. The average Bonchev–Trinajstić information content (AvgIpc) is 2.24. The molecule has 0 aliphatic heterocycles. The van der Waals surface area contributed by atoms with E-state index < -0.39 is 0 Å². The quantitative estimate of drug-likeness (QED) is 0.404. The summed E-state index contributed by atoms with van der Waals surface area (Å²) < 4.78 is 9.45. The van der Waals surface area contributed by atoms with Crippen LogP contribution in [0.1, 0.15) is 13.8 Å². The summed E-state index contributed by atoms with van der Waals surface area (Å²) in [5.74, 6) is -0.541. The van der Waals surface area contributed by atoms with Crippen LogP contribution in [0.2, 0.25) is 0 Å². The van der Waals surface area contributed by atoms with Crippen LogP contribution < -0.4 is 10.6 Å². The van der Waals surface area contributed by atoms with Crippen molar-refractivity contribution in [2.24, 2.45) is 0 Å². The van der Waals surface area contributed by atoms with Crippen LogP contribution in [0.4, 0.5) is 0 Å². The van der Waals surface area contributed by atoms with E-state index in [-0.39, 0.29) is 25.0 Å². The molecule has 0 saturated carbocycles. The first-order valence-corrected chi connectivity index (χ1v) is 5.43. The number of hydrogen-bond acceptors (Lipinski definition) is 6. The highest BCUT2D eigenvalue weighted by Crippen LogP contribution is 1.76. The molecule has 0 atom stereocenters. The molecule has 0 heterocycles. The Bertz CT molecular complexity index is 187. The van der Waals surface area contributed by atoms with E-state index in [1.807, 2.05) is 0 Å². The third kappa shape index (κ3) is 9.42. The summed E-state index contributed by atoms with van der Waals surface area (Å²) in [6.07, 6.45) is 0. The largest absolute Gasteiger partial charge is 0.465 e. The van der Waals surface area contributed by atoms with Crippen molar-refractivity contribution in [3.05, 3.63) is 0 Å². The van der Waals surface area contributed by atoms with E-state index in [1.165, 1.54) is 0 Å². The second-order valence-corrected chi connectivity index (χ2v) is 2.96. The Kier molecular flexibility index (Phi) is 9.64. The molecule has 0 aromatic carbocycles. The van der Waals surface area contributed by atoms with Gasteiger partial charge in [0.1, 0.15) is 0 Å². The summed E-state index contributed by atoms with van der Waals surface area (Å²) in [5.41, 5.74) is 0. The molecule has 6 nitrogen and oxygen atoms in total. The molecule has 2 N–H and O–H groups in total. The van der Waals surface area contributed by atoms with Crippen LogP contribution >= 0.6 is 0 Å². The molecule has 0 spiro atoms. The number of rotatable bonds is 9. The molecule has 0 rings (SSSR count). The standard InChI is InChI=1S/C10H20N2O4/c1-3-15-9(13)7-11-5-6-12-8-10(14)16-4-2/h11-12H,3-8H2,1-2H3. The maximum Gasteiger partial charge on any atom is 0.319 e. The molecular formula is C10H20N2O4. The Labute approximate surface area is 95.7 Å². The maximum absolute atomic E-state index is 10.9. The number of ether oxygens (including phenoxy) is 2. The van der Waals surface area contributed by atoms with Gasteiger partial charge in [-0.25, -0.2) is 0 Å². The van der Waals surface area contributed by atoms with E-state index in [9.17, 15) is 9.59 Å². The number of nitrogens with one attached hydrogen (secondary N) is 2. The van der Waals surface area contributed by atoms with E-state index in [0.717, 1.165) is 0 Å². The maximum atomic E-state index is 10.9. The molecule has 0 saturated heterocycles. The zero-order valence-corrected chi connectivity index (χ0v) is 9.88. The van der Waals surface area contributed by atoms with Gasteiger partial charge in [-0.15, -0.1) is 0 Å². The van der Waals surface area contributed by atoms with Crippen molar-refractivity contribution in [2.75, 3.05) is 39.4 Å². The van der Waals surface area contributed by atoms with Gasteiger partial charge in [0.25, 0.3) is 0 Å². The Morgan fingerprint density at radius 1 is 0.875 bits per heavy atom. The minimum Gasteiger partial charge on any atom is -0.465 e. The van der Waals surface area contributed by atoms with Crippen molar-refractivity contribution >= 4 is 11.9 Å². The summed E-state index contributed by atoms with van der Waals surface area (Å²) in [7, 11) is 0. The van der Waals surface area contributed by atoms with Crippen LogP contribution in [0.25, 0.3) is 0 Å². The van der Waals surface area contributed by atoms with Crippen molar-refractivity contribution in [1.82, 2.24) is 10.6 Å². The highest BCUT2D eigenvalue weighted by Gasteiger charge is 2.01. The Morgan fingerprint density at radius 3 is 1.56 bits per heavy atom.